The van der Waals surface area contributed by atoms with E-state index in [9.17, 15) is 9.59 Å². The first-order valence-electron chi connectivity index (χ1n) is 11.3. The Kier molecular flexibility index (Phi) is 7.45. The van der Waals surface area contributed by atoms with Crippen LogP contribution in [-0.4, -0.2) is 21.9 Å². The molecule has 4 rings (SSSR count). The molecule has 0 bridgehead atoms. The van der Waals surface area contributed by atoms with Crippen LogP contribution < -0.4 is 15.7 Å². The minimum atomic E-state index is -0.478. The summed E-state index contributed by atoms with van der Waals surface area (Å²) in [5.41, 5.74) is 4.36. The van der Waals surface area contributed by atoms with E-state index >= 15 is 0 Å². The van der Waals surface area contributed by atoms with Crippen LogP contribution in [0.2, 0.25) is 0 Å². The fraction of sp³-hybridized carbons (Fsp3) is 0.185. The Morgan fingerprint density at radius 1 is 1.03 bits per heavy atom. The highest BCUT2D eigenvalue weighted by molar-refractivity contribution is 6.04. The summed E-state index contributed by atoms with van der Waals surface area (Å²) >= 11 is 0. The monoisotopic (exact) mass is 454 g/mol. The number of nitrogens with zero attached hydrogens (tertiary/aromatic N) is 3. The quantitative estimate of drug-likeness (QED) is 0.297. The lowest BCUT2D eigenvalue weighted by atomic mass is 10.1. The van der Waals surface area contributed by atoms with Gasteiger partial charge >= 0.3 is 0 Å². The first kappa shape index (κ1) is 22.9. The maximum atomic E-state index is 12.9. The summed E-state index contributed by atoms with van der Waals surface area (Å²) in [5.74, 6) is 0.226. The second kappa shape index (κ2) is 11.0. The van der Waals surface area contributed by atoms with Gasteiger partial charge in [-0.25, -0.2) is 10.1 Å². The van der Waals surface area contributed by atoms with Crippen molar-refractivity contribution in [1.82, 2.24) is 15.2 Å². The largest absolute Gasteiger partial charge is 0.489 e. The third-order valence-corrected chi connectivity index (χ3v) is 5.29. The van der Waals surface area contributed by atoms with Crippen molar-refractivity contribution in [2.45, 2.75) is 32.9 Å². The predicted octanol–water partition coefficient (Wildman–Crippen LogP) is 4.54. The Hall–Kier alpha value is -4.26. The van der Waals surface area contributed by atoms with Gasteiger partial charge in [0.2, 0.25) is 0 Å². The smallest absolute Gasteiger partial charge is 0.292 e. The van der Waals surface area contributed by atoms with E-state index in [4.69, 9.17) is 4.74 Å². The Morgan fingerprint density at radius 3 is 2.59 bits per heavy atom. The van der Waals surface area contributed by atoms with Crippen LogP contribution in [0.15, 0.2) is 88.8 Å². The first-order valence-corrected chi connectivity index (χ1v) is 11.3. The van der Waals surface area contributed by atoms with Gasteiger partial charge in [-0.2, -0.15) is 10.2 Å². The Morgan fingerprint density at radius 2 is 1.79 bits per heavy atom. The Labute approximate surface area is 197 Å². The molecule has 1 aromatic heterocycles. The summed E-state index contributed by atoms with van der Waals surface area (Å²) < 4.78 is 7.20. The zero-order valence-corrected chi connectivity index (χ0v) is 19.0. The lowest BCUT2D eigenvalue weighted by molar-refractivity contribution is 0.0949. The van der Waals surface area contributed by atoms with E-state index < -0.39 is 5.91 Å². The number of aromatic nitrogens is 2. The molecule has 0 radical (unpaired) electrons. The summed E-state index contributed by atoms with van der Waals surface area (Å²) in [6.45, 7) is 2.96. The number of aryl methyl sites for hydroxylation is 1. The molecule has 0 unspecified atom stereocenters. The van der Waals surface area contributed by atoms with Crippen LogP contribution in [0, 0.1) is 0 Å². The maximum absolute atomic E-state index is 12.9. The van der Waals surface area contributed by atoms with Crippen LogP contribution in [0.1, 0.15) is 41.4 Å². The van der Waals surface area contributed by atoms with Crippen LogP contribution in [0.3, 0.4) is 0 Å². The van der Waals surface area contributed by atoms with Gasteiger partial charge in [0.15, 0.2) is 5.69 Å². The molecule has 0 saturated carbocycles. The fourth-order valence-electron chi connectivity index (χ4n) is 3.51. The van der Waals surface area contributed by atoms with E-state index in [1.165, 1.54) is 4.68 Å². The van der Waals surface area contributed by atoms with Crippen LogP contribution >= 0.6 is 0 Å². The van der Waals surface area contributed by atoms with E-state index in [1.54, 1.807) is 30.5 Å². The number of carbonyl (C=O) groups is 1. The van der Waals surface area contributed by atoms with Crippen molar-refractivity contribution >= 4 is 22.9 Å². The third-order valence-electron chi connectivity index (χ3n) is 5.29. The van der Waals surface area contributed by atoms with E-state index in [-0.39, 0.29) is 11.3 Å². The molecule has 34 heavy (non-hydrogen) atoms. The third kappa shape index (κ3) is 5.56. The van der Waals surface area contributed by atoms with Crippen LogP contribution in [0.5, 0.6) is 5.75 Å². The van der Waals surface area contributed by atoms with Crippen molar-refractivity contribution in [1.29, 1.82) is 0 Å². The number of amides is 1. The normalized spacial score (nSPS) is 11.1. The van der Waals surface area contributed by atoms with Crippen molar-refractivity contribution in [2.75, 3.05) is 0 Å². The fourth-order valence-corrected chi connectivity index (χ4v) is 3.51. The first-order chi connectivity index (χ1) is 16.7. The molecule has 172 valence electrons. The van der Waals surface area contributed by atoms with Gasteiger partial charge in [0, 0.05) is 11.9 Å². The number of nitrogens with one attached hydrogen (secondary N) is 1. The van der Waals surface area contributed by atoms with E-state index in [1.807, 2.05) is 61.5 Å². The molecule has 0 atom stereocenters. The number of hydrazone groups is 1. The number of benzene rings is 3. The zero-order valence-electron chi connectivity index (χ0n) is 19.0. The van der Waals surface area contributed by atoms with Crippen LogP contribution in [0.25, 0.3) is 10.8 Å². The molecule has 0 spiro atoms. The highest BCUT2D eigenvalue weighted by Gasteiger charge is 2.16. The predicted molar refractivity (Wildman–Crippen MR) is 133 cm³/mol. The van der Waals surface area contributed by atoms with Gasteiger partial charge in [0.1, 0.15) is 12.4 Å². The molecule has 0 fully saturated rings. The van der Waals surface area contributed by atoms with E-state index in [0.717, 1.165) is 24.0 Å². The maximum Gasteiger partial charge on any atom is 0.292 e. The minimum Gasteiger partial charge on any atom is -0.489 e. The van der Waals surface area contributed by atoms with Gasteiger partial charge in [0.25, 0.3) is 11.5 Å². The molecular formula is C27H26N4O3. The van der Waals surface area contributed by atoms with Crippen LogP contribution in [0.4, 0.5) is 0 Å². The number of rotatable bonds is 9. The average Bonchev–Trinajstić information content (AvgIpc) is 2.88. The summed E-state index contributed by atoms with van der Waals surface area (Å²) in [6.07, 6.45) is 3.26. The molecule has 0 aliphatic rings. The topological polar surface area (TPSA) is 85.6 Å². The molecule has 4 aromatic rings. The number of ether oxygens (including phenoxy) is 1. The summed E-state index contributed by atoms with van der Waals surface area (Å²) in [7, 11) is 0. The molecule has 1 heterocycles. The number of unbranched alkanes of at least 4 members (excludes halogenated alkanes) is 1. The highest BCUT2D eigenvalue weighted by atomic mass is 16.5. The zero-order chi connectivity index (χ0) is 23.8. The highest BCUT2D eigenvalue weighted by Crippen LogP contribution is 2.15. The molecule has 1 amide bonds. The van der Waals surface area contributed by atoms with Gasteiger partial charge < -0.3 is 4.74 Å². The van der Waals surface area contributed by atoms with E-state index in [0.29, 0.717) is 29.7 Å². The summed E-state index contributed by atoms with van der Waals surface area (Å²) in [6, 6.07) is 24.3. The molecule has 0 aliphatic carbocycles. The molecule has 7 nitrogen and oxygen atoms in total. The second-order valence-electron chi connectivity index (χ2n) is 7.82. The lowest BCUT2D eigenvalue weighted by Gasteiger charge is -2.09. The molecular weight excluding hydrogens is 428 g/mol. The SMILES string of the molecule is CCCCn1nc(C(=O)N/N=C/c2cccc(OCc3ccccc3)c2)c2ccccc2c1=O. The number of hydrogen-bond acceptors (Lipinski definition) is 5. The lowest BCUT2D eigenvalue weighted by Crippen LogP contribution is -2.29. The van der Waals surface area contributed by atoms with Gasteiger partial charge in [0.05, 0.1) is 11.6 Å². The molecule has 3 aromatic carbocycles. The van der Waals surface area contributed by atoms with Gasteiger partial charge in [-0.3, -0.25) is 9.59 Å². The van der Waals surface area contributed by atoms with Crippen molar-refractivity contribution in [3.8, 4) is 5.75 Å². The Balaban J connectivity index is 1.48. The van der Waals surface area contributed by atoms with Crippen LogP contribution in [-0.2, 0) is 13.2 Å². The average molecular weight is 455 g/mol. The molecule has 0 aliphatic heterocycles. The molecule has 0 saturated heterocycles. The van der Waals surface area contributed by atoms with Gasteiger partial charge in [-0.05, 0) is 35.7 Å². The molecule has 1 N–H and O–H groups in total. The number of fused-ring (bicyclic) bond motifs is 1. The van der Waals surface area contributed by atoms with Crippen molar-refractivity contribution < 1.29 is 9.53 Å². The second-order valence-corrected chi connectivity index (χ2v) is 7.82. The van der Waals surface area contributed by atoms with E-state index in [2.05, 4.69) is 15.6 Å². The van der Waals surface area contributed by atoms with Crippen molar-refractivity contribution in [3.63, 3.8) is 0 Å². The van der Waals surface area contributed by atoms with Crippen molar-refractivity contribution in [3.05, 3.63) is 106 Å². The molecule has 7 heteroatoms. The Bertz CT molecular complexity index is 1360. The minimum absolute atomic E-state index is 0.170. The van der Waals surface area contributed by atoms with Crippen molar-refractivity contribution in [2.24, 2.45) is 5.10 Å². The van der Waals surface area contributed by atoms with Gasteiger partial charge in [-0.15, -0.1) is 0 Å². The standard InChI is InChI=1S/C27H26N4O3/c1-2-3-16-31-27(33)24-15-8-7-14-23(24)25(30-31)26(32)29-28-18-21-12-9-13-22(17-21)34-19-20-10-5-4-6-11-20/h4-15,17-18H,2-3,16,19H2,1H3,(H,29,32)/b28-18+. The summed E-state index contributed by atoms with van der Waals surface area (Å²) in [4.78, 5) is 25.6. The van der Waals surface area contributed by atoms with Gasteiger partial charge in [-0.1, -0.05) is 74.0 Å². The summed E-state index contributed by atoms with van der Waals surface area (Å²) in [5, 5.41) is 9.39. The number of carbonyl (C=O) groups excluding carboxylic acids is 1. The number of hydrogen-bond donors (Lipinski definition) is 1.